The quantitative estimate of drug-likeness (QED) is 0.677. The Morgan fingerprint density at radius 2 is 1.95 bits per heavy atom. The maximum atomic E-state index is 13.1. The molecule has 0 saturated heterocycles. The molecule has 0 spiro atoms. The van der Waals surface area contributed by atoms with Crippen molar-refractivity contribution in [2.24, 2.45) is 7.05 Å². The van der Waals surface area contributed by atoms with Gasteiger partial charge in [0, 0.05) is 49.1 Å². The lowest BCUT2D eigenvalue weighted by molar-refractivity contribution is 0.0646. The van der Waals surface area contributed by atoms with Crippen LogP contribution in [0.15, 0.2) is 48.8 Å². The first-order valence-corrected chi connectivity index (χ1v) is 7.67. The number of carbonyl (C=O) groups is 1. The summed E-state index contributed by atoms with van der Waals surface area (Å²) in [4.78, 5) is 15.1. The minimum atomic E-state index is 0.107. The fourth-order valence-electron chi connectivity index (χ4n) is 3.52. The summed E-state index contributed by atoms with van der Waals surface area (Å²) in [6.07, 6.45) is 4.04. The third kappa shape index (κ3) is 1.80. The molecule has 0 N–H and O–H groups in total. The Kier molecular flexibility index (Phi) is 2.86. The van der Waals surface area contributed by atoms with Crippen molar-refractivity contribution in [2.45, 2.75) is 19.5 Å². The molecule has 1 aromatic carbocycles. The van der Waals surface area contributed by atoms with Crippen LogP contribution in [0.3, 0.4) is 0 Å². The lowest BCUT2D eigenvalue weighted by Gasteiger charge is -2.34. The van der Waals surface area contributed by atoms with Gasteiger partial charge in [0.05, 0.1) is 11.6 Å². The molecule has 0 radical (unpaired) electrons. The van der Waals surface area contributed by atoms with Gasteiger partial charge in [-0.25, -0.2) is 0 Å². The number of para-hydroxylation sites is 1. The van der Waals surface area contributed by atoms with Crippen molar-refractivity contribution in [3.05, 3.63) is 60.0 Å². The number of fused-ring (bicyclic) bond motifs is 2. The standard InChI is InChI=1S/C18H19N3O/c1-13-16-8-5-9-20(16)10-11-21(13)18(22)15-12-19(2)17-7-4-3-6-14(15)17/h3-9,12-13H,10-11H2,1-2H3. The van der Waals surface area contributed by atoms with Crippen LogP contribution in [0, 0.1) is 0 Å². The predicted molar refractivity (Wildman–Crippen MR) is 86.8 cm³/mol. The van der Waals surface area contributed by atoms with E-state index in [1.165, 1.54) is 5.69 Å². The third-order valence-electron chi connectivity index (χ3n) is 4.73. The SMILES string of the molecule is CC1c2cccn2CCN1C(=O)c1cn(C)c2ccccc12. The molecule has 112 valence electrons. The van der Waals surface area contributed by atoms with Gasteiger partial charge in [0.2, 0.25) is 0 Å². The number of benzene rings is 1. The summed E-state index contributed by atoms with van der Waals surface area (Å²) in [5, 5.41) is 1.03. The normalized spacial score (nSPS) is 17.7. The van der Waals surface area contributed by atoms with E-state index >= 15 is 0 Å². The van der Waals surface area contributed by atoms with Crippen molar-refractivity contribution in [1.29, 1.82) is 0 Å². The van der Waals surface area contributed by atoms with Crippen LogP contribution in [0.4, 0.5) is 0 Å². The molecule has 1 amide bonds. The molecule has 1 aliphatic heterocycles. The first-order valence-electron chi connectivity index (χ1n) is 7.67. The Balaban J connectivity index is 1.75. The number of nitrogens with zero attached hydrogens (tertiary/aromatic N) is 3. The average Bonchev–Trinajstić information content (AvgIpc) is 3.13. The van der Waals surface area contributed by atoms with E-state index in [9.17, 15) is 4.79 Å². The minimum absolute atomic E-state index is 0.107. The van der Waals surface area contributed by atoms with Crippen molar-refractivity contribution in [2.75, 3.05) is 6.54 Å². The molecule has 1 atom stereocenters. The molecule has 4 nitrogen and oxygen atoms in total. The molecule has 4 heteroatoms. The Morgan fingerprint density at radius 3 is 2.82 bits per heavy atom. The van der Waals surface area contributed by atoms with Crippen molar-refractivity contribution >= 4 is 16.8 Å². The van der Waals surface area contributed by atoms with Gasteiger partial charge in [-0.15, -0.1) is 0 Å². The largest absolute Gasteiger partial charge is 0.350 e. The molecule has 0 bridgehead atoms. The molecule has 1 unspecified atom stereocenters. The highest BCUT2D eigenvalue weighted by atomic mass is 16.2. The van der Waals surface area contributed by atoms with Gasteiger partial charge in [0.15, 0.2) is 0 Å². The highest BCUT2D eigenvalue weighted by Crippen LogP contribution is 2.29. The van der Waals surface area contributed by atoms with Gasteiger partial charge in [0.1, 0.15) is 0 Å². The average molecular weight is 293 g/mol. The summed E-state index contributed by atoms with van der Waals surface area (Å²) < 4.78 is 4.26. The summed E-state index contributed by atoms with van der Waals surface area (Å²) in [6, 6.07) is 12.3. The molecule has 0 saturated carbocycles. The zero-order chi connectivity index (χ0) is 15.3. The topological polar surface area (TPSA) is 30.2 Å². The van der Waals surface area contributed by atoms with Crippen LogP contribution in [0.1, 0.15) is 29.0 Å². The van der Waals surface area contributed by atoms with Gasteiger partial charge in [-0.05, 0) is 25.1 Å². The molecule has 0 aliphatic carbocycles. The van der Waals surface area contributed by atoms with Gasteiger partial charge in [-0.2, -0.15) is 0 Å². The lowest BCUT2D eigenvalue weighted by Crippen LogP contribution is -2.40. The molecule has 3 heterocycles. The monoisotopic (exact) mass is 293 g/mol. The molecule has 4 rings (SSSR count). The van der Waals surface area contributed by atoms with Gasteiger partial charge >= 0.3 is 0 Å². The first-order chi connectivity index (χ1) is 10.7. The molecule has 0 fully saturated rings. The van der Waals surface area contributed by atoms with Gasteiger partial charge < -0.3 is 14.0 Å². The van der Waals surface area contributed by atoms with E-state index < -0.39 is 0 Å². The van der Waals surface area contributed by atoms with Gasteiger partial charge in [0.25, 0.3) is 5.91 Å². The van der Waals surface area contributed by atoms with Crippen molar-refractivity contribution in [1.82, 2.24) is 14.0 Å². The van der Waals surface area contributed by atoms with Crippen LogP contribution in [-0.4, -0.2) is 26.5 Å². The van der Waals surface area contributed by atoms with Crippen LogP contribution in [0.2, 0.25) is 0 Å². The number of aromatic nitrogens is 2. The smallest absolute Gasteiger partial charge is 0.256 e. The second kappa shape index (κ2) is 4.77. The molecule has 1 aliphatic rings. The van der Waals surface area contributed by atoms with E-state index in [2.05, 4.69) is 35.9 Å². The number of amides is 1. The van der Waals surface area contributed by atoms with E-state index in [0.717, 1.165) is 29.6 Å². The van der Waals surface area contributed by atoms with Crippen LogP contribution >= 0.6 is 0 Å². The summed E-state index contributed by atoms with van der Waals surface area (Å²) >= 11 is 0. The fourth-order valence-corrected chi connectivity index (χ4v) is 3.52. The number of rotatable bonds is 1. The first kappa shape index (κ1) is 13.2. The Morgan fingerprint density at radius 1 is 1.14 bits per heavy atom. The molecule has 2 aromatic heterocycles. The number of aryl methyl sites for hydroxylation is 1. The second-order valence-electron chi connectivity index (χ2n) is 5.97. The molecular weight excluding hydrogens is 274 g/mol. The predicted octanol–water partition coefficient (Wildman–Crippen LogP) is 3.20. The van der Waals surface area contributed by atoms with Crippen LogP contribution < -0.4 is 0 Å². The van der Waals surface area contributed by atoms with Crippen LogP contribution in [0.5, 0.6) is 0 Å². The lowest BCUT2D eigenvalue weighted by atomic mass is 10.1. The van der Waals surface area contributed by atoms with Crippen LogP contribution in [0.25, 0.3) is 10.9 Å². The van der Waals surface area contributed by atoms with E-state index in [1.807, 2.05) is 40.9 Å². The fraction of sp³-hybridized carbons (Fsp3) is 0.278. The van der Waals surface area contributed by atoms with E-state index in [0.29, 0.717) is 0 Å². The highest BCUT2D eigenvalue weighted by Gasteiger charge is 2.29. The van der Waals surface area contributed by atoms with E-state index in [1.54, 1.807) is 0 Å². The minimum Gasteiger partial charge on any atom is -0.350 e. The molecular formula is C18H19N3O. The number of hydrogen-bond donors (Lipinski definition) is 0. The number of carbonyl (C=O) groups excluding carboxylic acids is 1. The zero-order valence-electron chi connectivity index (χ0n) is 12.9. The Hall–Kier alpha value is -2.49. The van der Waals surface area contributed by atoms with E-state index in [-0.39, 0.29) is 11.9 Å². The van der Waals surface area contributed by atoms with Crippen LogP contribution in [-0.2, 0) is 13.6 Å². The highest BCUT2D eigenvalue weighted by molar-refractivity contribution is 6.07. The van der Waals surface area contributed by atoms with Gasteiger partial charge in [-0.3, -0.25) is 4.79 Å². The zero-order valence-corrected chi connectivity index (χ0v) is 12.9. The summed E-state index contributed by atoms with van der Waals surface area (Å²) in [7, 11) is 1.99. The summed E-state index contributed by atoms with van der Waals surface area (Å²) in [5.74, 6) is 0.122. The Labute approximate surface area is 129 Å². The van der Waals surface area contributed by atoms with E-state index in [4.69, 9.17) is 0 Å². The second-order valence-corrected chi connectivity index (χ2v) is 5.97. The third-order valence-corrected chi connectivity index (χ3v) is 4.73. The molecule has 22 heavy (non-hydrogen) atoms. The van der Waals surface area contributed by atoms with Gasteiger partial charge in [-0.1, -0.05) is 18.2 Å². The summed E-state index contributed by atoms with van der Waals surface area (Å²) in [6.45, 7) is 3.72. The number of hydrogen-bond acceptors (Lipinski definition) is 1. The summed E-state index contributed by atoms with van der Waals surface area (Å²) in [5.41, 5.74) is 3.10. The maximum Gasteiger partial charge on any atom is 0.256 e. The van der Waals surface area contributed by atoms with Crippen molar-refractivity contribution in [3.63, 3.8) is 0 Å². The molecule has 3 aromatic rings. The Bertz CT molecular complexity index is 858. The van der Waals surface area contributed by atoms with Crippen molar-refractivity contribution < 1.29 is 4.79 Å². The maximum absolute atomic E-state index is 13.1. The van der Waals surface area contributed by atoms with Crippen molar-refractivity contribution in [3.8, 4) is 0 Å².